The van der Waals surface area contributed by atoms with Gasteiger partial charge in [-0.1, -0.05) is 61.0 Å². The Kier molecular flexibility index (Phi) is 5.19. The zero-order chi connectivity index (χ0) is 16.2. The summed E-state index contributed by atoms with van der Waals surface area (Å²) in [5.74, 6) is -0.137. The Balaban J connectivity index is 1.99. The third kappa shape index (κ3) is 4.85. The molecule has 1 N–H and O–H groups in total. The quantitative estimate of drug-likeness (QED) is 0.732. The van der Waals surface area contributed by atoms with Gasteiger partial charge in [0.05, 0.1) is 0 Å². The molecule has 0 aliphatic carbocycles. The second-order valence-electron chi connectivity index (χ2n) is 6.20. The molecule has 0 radical (unpaired) electrons. The summed E-state index contributed by atoms with van der Waals surface area (Å²) in [4.78, 5) is 11.9. The smallest absolute Gasteiger partial charge is 0.248 e. The van der Waals surface area contributed by atoms with Crippen molar-refractivity contribution in [2.45, 2.75) is 26.2 Å². The van der Waals surface area contributed by atoms with Crippen molar-refractivity contribution in [3.8, 4) is 0 Å². The number of nitrogens with one attached hydrogen (secondary N) is 1. The van der Waals surface area contributed by atoms with Gasteiger partial charge in [-0.05, 0) is 46.9 Å². The molecule has 0 fully saturated rings. The van der Waals surface area contributed by atoms with Crippen LogP contribution in [0.2, 0.25) is 0 Å². The fourth-order valence-electron chi connectivity index (χ4n) is 1.98. The minimum atomic E-state index is -0.137. The van der Waals surface area contributed by atoms with E-state index >= 15 is 0 Å². The Morgan fingerprint density at radius 3 is 2.14 bits per heavy atom. The summed E-state index contributed by atoms with van der Waals surface area (Å²) in [6, 6.07) is 15.8. The SMILES string of the molecule is CC(C)(C)c1ccc(/C=C/C(=O)Nc2ccc(Br)cc2)cc1. The Morgan fingerprint density at radius 1 is 1.00 bits per heavy atom. The van der Waals surface area contributed by atoms with Crippen molar-refractivity contribution in [3.05, 3.63) is 70.2 Å². The summed E-state index contributed by atoms with van der Waals surface area (Å²) in [5, 5.41) is 2.83. The molecule has 0 unspecified atom stereocenters. The van der Waals surface area contributed by atoms with E-state index in [1.807, 2.05) is 42.5 Å². The minimum absolute atomic E-state index is 0.137. The van der Waals surface area contributed by atoms with Crippen molar-refractivity contribution < 1.29 is 4.79 Å². The van der Waals surface area contributed by atoms with Crippen LogP contribution in [0.4, 0.5) is 5.69 Å². The van der Waals surface area contributed by atoms with E-state index < -0.39 is 0 Å². The van der Waals surface area contributed by atoms with E-state index in [1.165, 1.54) is 5.56 Å². The van der Waals surface area contributed by atoms with Crippen molar-refractivity contribution in [2.24, 2.45) is 0 Å². The number of hydrogen-bond donors (Lipinski definition) is 1. The average Bonchev–Trinajstić information content (AvgIpc) is 2.47. The molecule has 0 aliphatic heterocycles. The molecular formula is C19H20BrNO. The van der Waals surface area contributed by atoms with Gasteiger partial charge in [-0.15, -0.1) is 0 Å². The van der Waals surface area contributed by atoms with Crippen molar-refractivity contribution in [3.63, 3.8) is 0 Å². The first kappa shape index (κ1) is 16.5. The fraction of sp³-hybridized carbons (Fsp3) is 0.211. The second-order valence-corrected chi connectivity index (χ2v) is 7.12. The summed E-state index contributed by atoms with van der Waals surface area (Å²) >= 11 is 3.37. The summed E-state index contributed by atoms with van der Waals surface area (Å²) in [5.41, 5.74) is 3.21. The zero-order valence-corrected chi connectivity index (χ0v) is 14.6. The third-order valence-electron chi connectivity index (χ3n) is 3.32. The van der Waals surface area contributed by atoms with Crippen LogP contribution in [0.15, 0.2) is 59.1 Å². The van der Waals surface area contributed by atoms with E-state index in [2.05, 4.69) is 54.2 Å². The standard InChI is InChI=1S/C19H20BrNO/c1-19(2,3)15-7-4-14(5-8-15)6-13-18(22)21-17-11-9-16(20)10-12-17/h4-13H,1-3H3,(H,21,22)/b13-6+. The van der Waals surface area contributed by atoms with Crippen LogP contribution in [-0.4, -0.2) is 5.91 Å². The Morgan fingerprint density at radius 2 is 1.59 bits per heavy atom. The summed E-state index contributed by atoms with van der Waals surface area (Å²) in [6.07, 6.45) is 3.37. The van der Waals surface area contributed by atoms with Crippen LogP contribution < -0.4 is 5.32 Å². The number of amides is 1. The maximum atomic E-state index is 11.9. The van der Waals surface area contributed by atoms with Crippen molar-refractivity contribution in [2.75, 3.05) is 5.32 Å². The monoisotopic (exact) mass is 357 g/mol. The summed E-state index contributed by atoms with van der Waals surface area (Å²) < 4.78 is 0.986. The van der Waals surface area contributed by atoms with Gasteiger partial charge in [-0.3, -0.25) is 4.79 Å². The van der Waals surface area contributed by atoms with E-state index in [4.69, 9.17) is 0 Å². The van der Waals surface area contributed by atoms with E-state index in [0.717, 1.165) is 15.7 Å². The van der Waals surface area contributed by atoms with Crippen LogP contribution >= 0.6 is 15.9 Å². The molecular weight excluding hydrogens is 338 g/mol. The molecule has 0 saturated heterocycles. The molecule has 2 aromatic rings. The molecule has 1 amide bonds. The highest BCUT2D eigenvalue weighted by Crippen LogP contribution is 2.22. The van der Waals surface area contributed by atoms with Gasteiger partial charge in [0.15, 0.2) is 0 Å². The lowest BCUT2D eigenvalue weighted by molar-refractivity contribution is -0.111. The first-order valence-electron chi connectivity index (χ1n) is 7.20. The van der Waals surface area contributed by atoms with Gasteiger partial charge in [0.2, 0.25) is 5.91 Å². The third-order valence-corrected chi connectivity index (χ3v) is 3.84. The lowest BCUT2D eigenvalue weighted by atomic mass is 9.87. The van der Waals surface area contributed by atoms with E-state index in [9.17, 15) is 4.79 Å². The maximum Gasteiger partial charge on any atom is 0.248 e. The molecule has 0 aromatic heterocycles. The lowest BCUT2D eigenvalue weighted by Gasteiger charge is -2.18. The lowest BCUT2D eigenvalue weighted by Crippen LogP contribution is -2.10. The highest BCUT2D eigenvalue weighted by Gasteiger charge is 2.12. The van der Waals surface area contributed by atoms with E-state index in [-0.39, 0.29) is 11.3 Å². The number of carbonyl (C=O) groups is 1. The van der Waals surface area contributed by atoms with Crippen molar-refractivity contribution in [1.82, 2.24) is 0 Å². The topological polar surface area (TPSA) is 29.1 Å². The molecule has 0 atom stereocenters. The first-order chi connectivity index (χ1) is 10.3. The molecule has 114 valence electrons. The number of hydrogen-bond acceptors (Lipinski definition) is 1. The molecule has 0 aliphatic rings. The van der Waals surface area contributed by atoms with Crippen LogP contribution in [0.3, 0.4) is 0 Å². The Labute approximate surface area is 140 Å². The van der Waals surface area contributed by atoms with Gasteiger partial charge in [-0.2, -0.15) is 0 Å². The van der Waals surface area contributed by atoms with Gasteiger partial charge >= 0.3 is 0 Å². The van der Waals surface area contributed by atoms with Crippen molar-refractivity contribution >= 4 is 33.6 Å². The van der Waals surface area contributed by atoms with Crippen LogP contribution in [0.5, 0.6) is 0 Å². The summed E-state index contributed by atoms with van der Waals surface area (Å²) in [7, 11) is 0. The van der Waals surface area contributed by atoms with Gasteiger partial charge in [-0.25, -0.2) is 0 Å². The number of benzene rings is 2. The molecule has 3 heteroatoms. The van der Waals surface area contributed by atoms with Crippen molar-refractivity contribution in [1.29, 1.82) is 0 Å². The molecule has 0 bridgehead atoms. The molecule has 0 spiro atoms. The molecule has 0 heterocycles. The van der Waals surface area contributed by atoms with Gasteiger partial charge in [0.1, 0.15) is 0 Å². The Hall–Kier alpha value is -1.87. The average molecular weight is 358 g/mol. The number of halogens is 1. The second kappa shape index (κ2) is 6.93. The largest absolute Gasteiger partial charge is 0.323 e. The zero-order valence-electron chi connectivity index (χ0n) is 13.1. The molecule has 2 aromatic carbocycles. The fourth-order valence-corrected chi connectivity index (χ4v) is 2.25. The van der Waals surface area contributed by atoms with Crippen LogP contribution in [0.25, 0.3) is 6.08 Å². The van der Waals surface area contributed by atoms with Gasteiger partial charge in [0.25, 0.3) is 0 Å². The first-order valence-corrected chi connectivity index (χ1v) is 7.99. The number of anilines is 1. The minimum Gasteiger partial charge on any atom is -0.323 e. The number of rotatable bonds is 3. The predicted molar refractivity (Wildman–Crippen MR) is 96.9 cm³/mol. The highest BCUT2D eigenvalue weighted by molar-refractivity contribution is 9.10. The molecule has 0 saturated carbocycles. The predicted octanol–water partition coefficient (Wildman–Crippen LogP) is 5.40. The molecule has 2 nitrogen and oxygen atoms in total. The highest BCUT2D eigenvalue weighted by atomic mass is 79.9. The van der Waals surface area contributed by atoms with Gasteiger partial charge < -0.3 is 5.32 Å². The molecule has 22 heavy (non-hydrogen) atoms. The maximum absolute atomic E-state index is 11.9. The van der Waals surface area contributed by atoms with Gasteiger partial charge in [0, 0.05) is 16.2 Å². The summed E-state index contributed by atoms with van der Waals surface area (Å²) in [6.45, 7) is 6.55. The number of carbonyl (C=O) groups excluding carboxylic acids is 1. The van der Waals surface area contributed by atoms with E-state index in [1.54, 1.807) is 6.08 Å². The van der Waals surface area contributed by atoms with Crippen LogP contribution in [0, 0.1) is 0 Å². The van der Waals surface area contributed by atoms with E-state index in [0.29, 0.717) is 0 Å². The Bertz CT molecular complexity index is 664. The van der Waals surface area contributed by atoms with Crippen LogP contribution in [0.1, 0.15) is 31.9 Å². The van der Waals surface area contributed by atoms with Crippen LogP contribution in [-0.2, 0) is 10.2 Å². The normalized spacial score (nSPS) is 11.6. The molecule has 2 rings (SSSR count).